The van der Waals surface area contributed by atoms with E-state index >= 15 is 0 Å². The highest BCUT2D eigenvalue weighted by molar-refractivity contribution is 9.10. The maximum absolute atomic E-state index is 13.2. The Hall–Kier alpha value is -2.00. The molecule has 0 unspecified atom stereocenters. The number of nitrogens with zero attached hydrogens (tertiary/aromatic N) is 3. The summed E-state index contributed by atoms with van der Waals surface area (Å²) < 4.78 is 15.0. The van der Waals surface area contributed by atoms with Gasteiger partial charge >= 0.3 is 0 Å². The van der Waals surface area contributed by atoms with Crippen LogP contribution in [0.3, 0.4) is 0 Å². The van der Waals surface area contributed by atoms with Crippen molar-refractivity contribution in [2.24, 2.45) is 0 Å². The van der Waals surface area contributed by atoms with Crippen LogP contribution in [0.1, 0.15) is 16.8 Å². The lowest BCUT2D eigenvalue weighted by atomic mass is 10.1. The van der Waals surface area contributed by atoms with Gasteiger partial charge in [-0.3, -0.25) is 9.36 Å². The van der Waals surface area contributed by atoms with E-state index in [9.17, 15) is 9.18 Å². The fourth-order valence-electron chi connectivity index (χ4n) is 1.61. The minimum absolute atomic E-state index is 0.0373. The predicted molar refractivity (Wildman–Crippen MR) is 71.2 cm³/mol. The van der Waals surface area contributed by atoms with Crippen LogP contribution in [0.15, 0.2) is 33.8 Å². The quantitative estimate of drug-likeness (QED) is 0.853. The Morgan fingerprint density at radius 1 is 1.53 bits per heavy atom. The lowest BCUT2D eigenvalue weighted by Gasteiger charge is -2.07. The van der Waals surface area contributed by atoms with Crippen molar-refractivity contribution in [3.05, 3.63) is 62.0 Å². The molecule has 0 aliphatic rings. The SMILES string of the molecule is Cc1ncn(Cc2ccc(F)c(C#N)c2)c(=O)c1Br. The summed E-state index contributed by atoms with van der Waals surface area (Å²) in [6, 6.07) is 5.95. The Balaban J connectivity index is 2.40. The molecule has 19 heavy (non-hydrogen) atoms. The van der Waals surface area contributed by atoms with Gasteiger partial charge in [0.25, 0.3) is 5.56 Å². The molecular formula is C13H9BrFN3O. The Morgan fingerprint density at radius 3 is 2.95 bits per heavy atom. The van der Waals surface area contributed by atoms with E-state index in [1.165, 1.54) is 29.1 Å². The first-order valence-electron chi connectivity index (χ1n) is 5.43. The molecule has 0 aliphatic carbocycles. The number of hydrogen-bond acceptors (Lipinski definition) is 3. The molecule has 0 bridgehead atoms. The van der Waals surface area contributed by atoms with E-state index in [1.54, 1.807) is 13.0 Å². The summed E-state index contributed by atoms with van der Waals surface area (Å²) in [6.45, 7) is 1.96. The van der Waals surface area contributed by atoms with Crippen LogP contribution in [0.4, 0.5) is 4.39 Å². The lowest BCUT2D eigenvalue weighted by Crippen LogP contribution is -2.22. The van der Waals surface area contributed by atoms with Crippen molar-refractivity contribution in [3.63, 3.8) is 0 Å². The first-order chi connectivity index (χ1) is 9.02. The minimum Gasteiger partial charge on any atom is -0.294 e. The van der Waals surface area contributed by atoms with Gasteiger partial charge in [-0.2, -0.15) is 5.26 Å². The second kappa shape index (κ2) is 5.33. The van der Waals surface area contributed by atoms with Crippen molar-refractivity contribution in [2.75, 3.05) is 0 Å². The van der Waals surface area contributed by atoms with Crippen LogP contribution in [0.2, 0.25) is 0 Å². The first kappa shape index (κ1) is 13.4. The van der Waals surface area contributed by atoms with Crippen LogP contribution in [0.5, 0.6) is 0 Å². The maximum Gasteiger partial charge on any atom is 0.268 e. The highest BCUT2D eigenvalue weighted by atomic mass is 79.9. The molecule has 4 nitrogen and oxygen atoms in total. The van der Waals surface area contributed by atoms with Gasteiger partial charge in [0.05, 0.1) is 24.1 Å². The van der Waals surface area contributed by atoms with E-state index in [2.05, 4.69) is 20.9 Å². The molecule has 0 spiro atoms. The average Bonchev–Trinajstić information content (AvgIpc) is 2.41. The molecule has 0 aliphatic heterocycles. The number of aromatic nitrogens is 2. The standard InChI is InChI=1S/C13H9BrFN3O/c1-8-12(14)13(19)18(7-17-8)6-9-2-3-11(15)10(4-9)5-16/h2-4,7H,6H2,1H3. The van der Waals surface area contributed by atoms with Crippen molar-refractivity contribution in [1.29, 1.82) is 5.26 Å². The summed E-state index contributed by atoms with van der Waals surface area (Å²) in [4.78, 5) is 16.0. The third kappa shape index (κ3) is 2.71. The summed E-state index contributed by atoms with van der Waals surface area (Å²) in [6.07, 6.45) is 1.43. The number of hydrogen-bond donors (Lipinski definition) is 0. The Morgan fingerprint density at radius 2 is 2.26 bits per heavy atom. The number of halogens is 2. The van der Waals surface area contributed by atoms with Crippen LogP contribution in [0, 0.1) is 24.1 Å². The van der Waals surface area contributed by atoms with Gasteiger partial charge in [-0.05, 0) is 40.5 Å². The van der Waals surface area contributed by atoms with Gasteiger partial charge in [0.2, 0.25) is 0 Å². The van der Waals surface area contributed by atoms with Crippen molar-refractivity contribution >= 4 is 15.9 Å². The molecule has 2 rings (SSSR count). The molecule has 0 fully saturated rings. The molecule has 1 aromatic carbocycles. The lowest BCUT2D eigenvalue weighted by molar-refractivity contribution is 0.621. The van der Waals surface area contributed by atoms with Crippen LogP contribution < -0.4 is 5.56 Å². The summed E-state index contributed by atoms with van der Waals surface area (Å²) in [5.74, 6) is -0.568. The normalized spacial score (nSPS) is 10.2. The Bertz CT molecular complexity index is 734. The monoisotopic (exact) mass is 321 g/mol. The van der Waals surface area contributed by atoms with E-state index < -0.39 is 5.82 Å². The van der Waals surface area contributed by atoms with Gasteiger partial charge in [0.1, 0.15) is 16.4 Å². The topological polar surface area (TPSA) is 58.7 Å². The predicted octanol–water partition coefficient (Wildman–Crippen LogP) is 2.37. The van der Waals surface area contributed by atoms with Gasteiger partial charge in [-0.1, -0.05) is 6.07 Å². The highest BCUT2D eigenvalue weighted by Crippen LogP contribution is 2.11. The molecule has 0 radical (unpaired) electrons. The second-order valence-corrected chi connectivity index (χ2v) is 4.80. The minimum atomic E-state index is -0.568. The molecule has 0 atom stereocenters. The summed E-state index contributed by atoms with van der Waals surface area (Å²) >= 11 is 3.17. The van der Waals surface area contributed by atoms with E-state index in [4.69, 9.17) is 5.26 Å². The molecule has 0 N–H and O–H groups in total. The van der Waals surface area contributed by atoms with Crippen LogP contribution in [-0.2, 0) is 6.54 Å². The zero-order chi connectivity index (χ0) is 14.0. The summed E-state index contributed by atoms with van der Waals surface area (Å²) in [5, 5.41) is 8.77. The van der Waals surface area contributed by atoms with Gasteiger partial charge in [-0.25, -0.2) is 9.37 Å². The maximum atomic E-state index is 13.2. The molecular weight excluding hydrogens is 313 g/mol. The van der Waals surface area contributed by atoms with Crippen molar-refractivity contribution in [3.8, 4) is 6.07 Å². The Labute approximate surface area is 117 Å². The molecule has 6 heteroatoms. The third-order valence-corrected chi connectivity index (χ3v) is 3.57. The first-order valence-corrected chi connectivity index (χ1v) is 6.22. The van der Waals surface area contributed by atoms with E-state index in [0.29, 0.717) is 15.7 Å². The fourth-order valence-corrected chi connectivity index (χ4v) is 1.94. The smallest absolute Gasteiger partial charge is 0.268 e. The van der Waals surface area contributed by atoms with Crippen molar-refractivity contribution in [1.82, 2.24) is 9.55 Å². The molecule has 0 saturated heterocycles. The van der Waals surface area contributed by atoms with E-state index in [-0.39, 0.29) is 17.7 Å². The molecule has 0 saturated carbocycles. The van der Waals surface area contributed by atoms with Crippen LogP contribution in [-0.4, -0.2) is 9.55 Å². The number of benzene rings is 1. The van der Waals surface area contributed by atoms with E-state index in [1.807, 2.05) is 0 Å². The molecule has 2 aromatic rings. The Kier molecular flexibility index (Phi) is 3.76. The summed E-state index contributed by atoms with van der Waals surface area (Å²) in [5.41, 5.74) is 1.02. The van der Waals surface area contributed by atoms with Crippen LogP contribution in [0.25, 0.3) is 0 Å². The van der Waals surface area contributed by atoms with Crippen LogP contribution >= 0.6 is 15.9 Å². The zero-order valence-corrected chi connectivity index (χ0v) is 11.6. The van der Waals surface area contributed by atoms with Gasteiger partial charge in [0, 0.05) is 0 Å². The molecule has 0 amide bonds. The number of nitriles is 1. The molecule has 1 heterocycles. The number of aryl methyl sites for hydroxylation is 1. The average molecular weight is 322 g/mol. The zero-order valence-electron chi connectivity index (χ0n) is 10.0. The highest BCUT2D eigenvalue weighted by Gasteiger charge is 2.07. The molecule has 1 aromatic heterocycles. The van der Waals surface area contributed by atoms with Gasteiger partial charge in [0.15, 0.2) is 0 Å². The van der Waals surface area contributed by atoms with E-state index in [0.717, 1.165) is 0 Å². The summed E-state index contributed by atoms with van der Waals surface area (Å²) in [7, 11) is 0. The van der Waals surface area contributed by atoms with Crippen molar-refractivity contribution < 1.29 is 4.39 Å². The van der Waals surface area contributed by atoms with Gasteiger partial charge in [-0.15, -0.1) is 0 Å². The largest absolute Gasteiger partial charge is 0.294 e. The second-order valence-electron chi connectivity index (χ2n) is 4.00. The number of rotatable bonds is 2. The molecule has 96 valence electrons. The van der Waals surface area contributed by atoms with Gasteiger partial charge < -0.3 is 0 Å². The third-order valence-electron chi connectivity index (χ3n) is 2.66. The van der Waals surface area contributed by atoms with Crippen molar-refractivity contribution in [2.45, 2.75) is 13.5 Å². The fraction of sp³-hybridized carbons (Fsp3) is 0.154.